The lowest BCUT2D eigenvalue weighted by atomic mass is 10.2. The fraction of sp³-hybridized carbons (Fsp3) is 0.0667. The Morgan fingerprint density at radius 2 is 1.95 bits per heavy atom. The van der Waals surface area contributed by atoms with E-state index in [1.54, 1.807) is 24.3 Å². The Bertz CT molecular complexity index is 669. The van der Waals surface area contributed by atoms with Gasteiger partial charge in [0.2, 0.25) is 0 Å². The second-order valence-corrected chi connectivity index (χ2v) is 4.20. The summed E-state index contributed by atoms with van der Waals surface area (Å²) in [6.45, 7) is 1.32. The van der Waals surface area contributed by atoms with Crippen LogP contribution in [0.2, 0.25) is 0 Å². The molecular weight excluding hydrogens is 273 g/mol. The van der Waals surface area contributed by atoms with Gasteiger partial charge in [0.15, 0.2) is 0 Å². The SMILES string of the molecule is CC(=O)Oc1cccc(C(=Nc2ccc(F)cc2)NN)c1. The maximum Gasteiger partial charge on any atom is 0.308 e. The van der Waals surface area contributed by atoms with Crippen LogP contribution in [0.1, 0.15) is 12.5 Å². The summed E-state index contributed by atoms with van der Waals surface area (Å²) in [5.41, 5.74) is 3.66. The summed E-state index contributed by atoms with van der Waals surface area (Å²) in [5, 5.41) is 0. The van der Waals surface area contributed by atoms with Gasteiger partial charge < -0.3 is 10.2 Å². The van der Waals surface area contributed by atoms with Crippen molar-refractivity contribution in [1.29, 1.82) is 0 Å². The number of ether oxygens (including phenoxy) is 1. The summed E-state index contributed by atoms with van der Waals surface area (Å²) >= 11 is 0. The maximum atomic E-state index is 12.9. The molecule has 0 fully saturated rings. The van der Waals surface area contributed by atoms with Crippen molar-refractivity contribution in [2.75, 3.05) is 0 Å². The van der Waals surface area contributed by atoms with Crippen LogP contribution in [-0.4, -0.2) is 11.8 Å². The highest BCUT2D eigenvalue weighted by molar-refractivity contribution is 6.00. The lowest BCUT2D eigenvalue weighted by Crippen LogP contribution is -2.30. The van der Waals surface area contributed by atoms with E-state index in [9.17, 15) is 9.18 Å². The summed E-state index contributed by atoms with van der Waals surface area (Å²) in [5.74, 6) is 5.48. The first-order valence-electron chi connectivity index (χ1n) is 6.18. The molecule has 0 amide bonds. The molecule has 5 nitrogen and oxygen atoms in total. The molecule has 21 heavy (non-hydrogen) atoms. The van der Waals surface area contributed by atoms with E-state index < -0.39 is 5.97 Å². The van der Waals surface area contributed by atoms with Crippen molar-refractivity contribution in [1.82, 2.24) is 5.43 Å². The van der Waals surface area contributed by atoms with Crippen LogP contribution >= 0.6 is 0 Å². The van der Waals surface area contributed by atoms with Crippen molar-refractivity contribution < 1.29 is 13.9 Å². The van der Waals surface area contributed by atoms with Crippen LogP contribution in [0.4, 0.5) is 10.1 Å². The van der Waals surface area contributed by atoms with Crippen LogP contribution in [0, 0.1) is 5.82 Å². The number of aliphatic imine (C=N–C) groups is 1. The molecule has 0 aliphatic carbocycles. The number of hydrogen-bond donors (Lipinski definition) is 2. The first-order valence-corrected chi connectivity index (χ1v) is 6.18. The minimum absolute atomic E-state index is 0.340. The third kappa shape index (κ3) is 4.12. The molecule has 0 saturated heterocycles. The predicted molar refractivity (Wildman–Crippen MR) is 77.7 cm³/mol. The van der Waals surface area contributed by atoms with Gasteiger partial charge in [-0.2, -0.15) is 0 Å². The van der Waals surface area contributed by atoms with Crippen molar-refractivity contribution in [3.8, 4) is 5.75 Å². The molecule has 0 radical (unpaired) electrons. The third-order valence-electron chi connectivity index (χ3n) is 2.57. The molecule has 2 rings (SSSR count). The van der Waals surface area contributed by atoms with Gasteiger partial charge >= 0.3 is 5.97 Å². The second kappa shape index (κ2) is 6.62. The van der Waals surface area contributed by atoms with Crippen LogP contribution in [0.5, 0.6) is 5.75 Å². The normalized spacial score (nSPS) is 11.1. The Balaban J connectivity index is 2.32. The molecule has 0 saturated carbocycles. The predicted octanol–water partition coefficient (Wildman–Crippen LogP) is 2.29. The Hall–Kier alpha value is -2.73. The van der Waals surface area contributed by atoms with Gasteiger partial charge in [0.25, 0.3) is 0 Å². The van der Waals surface area contributed by atoms with E-state index in [1.807, 2.05) is 0 Å². The van der Waals surface area contributed by atoms with E-state index in [0.717, 1.165) is 0 Å². The smallest absolute Gasteiger partial charge is 0.308 e. The van der Waals surface area contributed by atoms with Gasteiger partial charge in [0.1, 0.15) is 17.4 Å². The van der Waals surface area contributed by atoms with E-state index in [4.69, 9.17) is 10.6 Å². The Labute approximate surface area is 121 Å². The summed E-state index contributed by atoms with van der Waals surface area (Å²) in [7, 11) is 0. The van der Waals surface area contributed by atoms with E-state index in [1.165, 1.54) is 31.2 Å². The summed E-state index contributed by atoms with van der Waals surface area (Å²) in [6, 6.07) is 12.4. The number of hydrogen-bond acceptors (Lipinski definition) is 4. The number of carbonyl (C=O) groups excluding carboxylic acids is 1. The molecule has 0 unspecified atom stereocenters. The number of benzene rings is 2. The van der Waals surface area contributed by atoms with E-state index in [0.29, 0.717) is 22.8 Å². The number of nitrogens with zero attached hydrogens (tertiary/aromatic N) is 1. The van der Waals surface area contributed by atoms with Crippen molar-refractivity contribution >= 4 is 17.5 Å². The van der Waals surface area contributed by atoms with Crippen LogP contribution in [-0.2, 0) is 4.79 Å². The standard InChI is InChI=1S/C15H14FN3O2/c1-10(20)21-14-4-2-3-11(9-14)15(19-17)18-13-7-5-12(16)6-8-13/h2-9H,17H2,1H3,(H,18,19). The van der Waals surface area contributed by atoms with Gasteiger partial charge in [-0.05, 0) is 36.4 Å². The number of nitrogens with one attached hydrogen (secondary N) is 1. The van der Waals surface area contributed by atoms with Crippen LogP contribution in [0.25, 0.3) is 0 Å². The second-order valence-electron chi connectivity index (χ2n) is 4.20. The van der Waals surface area contributed by atoms with Gasteiger partial charge in [-0.3, -0.25) is 4.79 Å². The fourth-order valence-corrected chi connectivity index (χ4v) is 1.70. The Kier molecular flexibility index (Phi) is 4.63. The number of esters is 1. The Morgan fingerprint density at radius 1 is 1.24 bits per heavy atom. The van der Waals surface area contributed by atoms with Gasteiger partial charge in [0.05, 0.1) is 5.69 Å². The highest BCUT2D eigenvalue weighted by Gasteiger charge is 2.05. The highest BCUT2D eigenvalue weighted by atomic mass is 19.1. The minimum Gasteiger partial charge on any atom is -0.427 e. The highest BCUT2D eigenvalue weighted by Crippen LogP contribution is 2.17. The molecule has 0 spiro atoms. The maximum absolute atomic E-state index is 12.9. The molecule has 0 heterocycles. The van der Waals surface area contributed by atoms with Crippen molar-refractivity contribution in [3.05, 3.63) is 59.9 Å². The van der Waals surface area contributed by atoms with Gasteiger partial charge in [0, 0.05) is 12.5 Å². The van der Waals surface area contributed by atoms with Gasteiger partial charge in [-0.15, -0.1) is 0 Å². The molecule has 6 heteroatoms. The zero-order valence-corrected chi connectivity index (χ0v) is 11.3. The average Bonchev–Trinajstić information content (AvgIpc) is 2.46. The first-order chi connectivity index (χ1) is 10.1. The minimum atomic E-state index is -0.412. The average molecular weight is 287 g/mol. The lowest BCUT2D eigenvalue weighted by molar-refractivity contribution is -0.131. The molecular formula is C15H14FN3O2. The number of carbonyl (C=O) groups is 1. The molecule has 0 atom stereocenters. The summed E-state index contributed by atoms with van der Waals surface area (Å²) < 4.78 is 17.9. The van der Waals surface area contributed by atoms with Gasteiger partial charge in [-0.1, -0.05) is 12.1 Å². The quantitative estimate of drug-likeness (QED) is 0.227. The van der Waals surface area contributed by atoms with E-state index >= 15 is 0 Å². The molecule has 3 N–H and O–H groups in total. The lowest BCUT2D eigenvalue weighted by Gasteiger charge is -2.08. The van der Waals surface area contributed by atoms with Crippen LogP contribution < -0.4 is 16.0 Å². The molecule has 2 aromatic carbocycles. The fourth-order valence-electron chi connectivity index (χ4n) is 1.70. The Morgan fingerprint density at radius 3 is 2.57 bits per heavy atom. The van der Waals surface area contributed by atoms with Crippen LogP contribution in [0.3, 0.4) is 0 Å². The number of amidine groups is 1. The van der Waals surface area contributed by atoms with E-state index in [-0.39, 0.29) is 5.82 Å². The van der Waals surface area contributed by atoms with Crippen LogP contribution in [0.15, 0.2) is 53.5 Å². The number of nitrogens with two attached hydrogens (primary N) is 1. The summed E-state index contributed by atoms with van der Waals surface area (Å²) in [4.78, 5) is 15.2. The van der Waals surface area contributed by atoms with Crippen molar-refractivity contribution in [2.45, 2.75) is 6.92 Å². The zero-order chi connectivity index (χ0) is 15.2. The summed E-state index contributed by atoms with van der Waals surface area (Å²) in [6.07, 6.45) is 0. The number of halogens is 1. The monoisotopic (exact) mass is 287 g/mol. The zero-order valence-electron chi connectivity index (χ0n) is 11.3. The number of hydrazine groups is 1. The van der Waals surface area contributed by atoms with Crippen molar-refractivity contribution in [2.24, 2.45) is 10.8 Å². The number of rotatable bonds is 3. The third-order valence-corrected chi connectivity index (χ3v) is 2.57. The molecule has 2 aromatic rings. The van der Waals surface area contributed by atoms with E-state index in [2.05, 4.69) is 10.4 Å². The molecule has 0 bridgehead atoms. The topological polar surface area (TPSA) is 76.7 Å². The van der Waals surface area contributed by atoms with Gasteiger partial charge in [-0.25, -0.2) is 15.2 Å². The molecule has 0 aromatic heterocycles. The molecule has 0 aliphatic rings. The van der Waals surface area contributed by atoms with Crippen molar-refractivity contribution in [3.63, 3.8) is 0 Å². The molecule has 0 aliphatic heterocycles. The molecule has 108 valence electrons. The first kappa shape index (κ1) is 14.7. The largest absolute Gasteiger partial charge is 0.427 e.